The average Bonchev–Trinajstić information content (AvgIpc) is 3.23. The molecule has 0 spiro atoms. The van der Waals surface area contributed by atoms with Crippen molar-refractivity contribution < 1.29 is 14.0 Å². The fourth-order valence-corrected chi connectivity index (χ4v) is 2.76. The standard InChI is InChI=1S/C22H22N2O3/c1-15(17-10-12-19(13-11-17)18-7-4-3-5-8-18)23-21(25)16(2)24-22(26)20-9-6-14-27-20/h3-16H,1-2H3,(H,23,25)(H,24,26). The van der Waals surface area contributed by atoms with Crippen molar-refractivity contribution >= 4 is 11.8 Å². The first-order valence-electron chi connectivity index (χ1n) is 8.84. The molecule has 2 unspecified atom stereocenters. The van der Waals surface area contributed by atoms with Gasteiger partial charge in [0.25, 0.3) is 5.91 Å². The van der Waals surface area contributed by atoms with E-state index < -0.39 is 11.9 Å². The second-order valence-corrected chi connectivity index (χ2v) is 6.39. The van der Waals surface area contributed by atoms with Crippen LogP contribution in [0.2, 0.25) is 0 Å². The van der Waals surface area contributed by atoms with Crippen LogP contribution in [-0.2, 0) is 4.79 Å². The Labute approximate surface area is 158 Å². The van der Waals surface area contributed by atoms with Gasteiger partial charge in [-0.2, -0.15) is 0 Å². The van der Waals surface area contributed by atoms with Gasteiger partial charge in [0, 0.05) is 0 Å². The third-order valence-electron chi connectivity index (χ3n) is 4.36. The van der Waals surface area contributed by atoms with E-state index in [0.29, 0.717) is 0 Å². The second kappa shape index (κ2) is 8.36. The van der Waals surface area contributed by atoms with Gasteiger partial charge in [-0.15, -0.1) is 0 Å². The molecule has 2 N–H and O–H groups in total. The molecule has 0 aliphatic rings. The first-order valence-corrected chi connectivity index (χ1v) is 8.84. The SMILES string of the molecule is CC(NC(=O)c1ccco1)C(=O)NC(C)c1ccc(-c2ccccc2)cc1. The summed E-state index contributed by atoms with van der Waals surface area (Å²) < 4.78 is 5.03. The van der Waals surface area contributed by atoms with E-state index in [1.807, 2.05) is 49.4 Å². The van der Waals surface area contributed by atoms with Gasteiger partial charge in [-0.25, -0.2) is 0 Å². The minimum absolute atomic E-state index is 0.176. The zero-order valence-electron chi connectivity index (χ0n) is 15.3. The Morgan fingerprint density at radius 1 is 0.815 bits per heavy atom. The third-order valence-corrected chi connectivity index (χ3v) is 4.36. The van der Waals surface area contributed by atoms with Gasteiger partial charge < -0.3 is 15.1 Å². The van der Waals surface area contributed by atoms with Crippen LogP contribution in [0.3, 0.4) is 0 Å². The summed E-state index contributed by atoms with van der Waals surface area (Å²) in [6.45, 7) is 3.55. The van der Waals surface area contributed by atoms with Gasteiger partial charge in [-0.3, -0.25) is 9.59 Å². The molecule has 0 saturated carbocycles. The van der Waals surface area contributed by atoms with Gasteiger partial charge >= 0.3 is 0 Å². The predicted octanol–water partition coefficient (Wildman–Crippen LogP) is 3.94. The van der Waals surface area contributed by atoms with Crippen molar-refractivity contribution in [1.29, 1.82) is 0 Å². The summed E-state index contributed by atoms with van der Waals surface area (Å²) in [7, 11) is 0. The lowest BCUT2D eigenvalue weighted by Gasteiger charge is -2.19. The van der Waals surface area contributed by atoms with Crippen molar-refractivity contribution in [2.45, 2.75) is 25.9 Å². The lowest BCUT2D eigenvalue weighted by atomic mass is 10.0. The zero-order valence-corrected chi connectivity index (χ0v) is 15.3. The van der Waals surface area contributed by atoms with Crippen LogP contribution in [0.4, 0.5) is 0 Å². The Morgan fingerprint density at radius 2 is 1.48 bits per heavy atom. The summed E-state index contributed by atoms with van der Waals surface area (Å²) in [6.07, 6.45) is 1.42. The van der Waals surface area contributed by atoms with Crippen LogP contribution >= 0.6 is 0 Å². The molecule has 5 heteroatoms. The van der Waals surface area contributed by atoms with Gasteiger partial charge in [-0.05, 0) is 42.7 Å². The first kappa shape index (κ1) is 18.5. The lowest BCUT2D eigenvalue weighted by molar-refractivity contribution is -0.123. The molecule has 5 nitrogen and oxygen atoms in total. The average molecular weight is 362 g/mol. The maximum atomic E-state index is 12.4. The molecule has 27 heavy (non-hydrogen) atoms. The van der Waals surface area contributed by atoms with E-state index in [1.165, 1.54) is 6.26 Å². The van der Waals surface area contributed by atoms with Crippen molar-refractivity contribution in [3.05, 3.63) is 84.3 Å². The quantitative estimate of drug-likeness (QED) is 0.698. The van der Waals surface area contributed by atoms with Crippen molar-refractivity contribution in [3.63, 3.8) is 0 Å². The van der Waals surface area contributed by atoms with Crippen LogP contribution < -0.4 is 10.6 Å². The predicted molar refractivity (Wildman–Crippen MR) is 104 cm³/mol. The van der Waals surface area contributed by atoms with E-state index in [0.717, 1.165) is 16.7 Å². The minimum Gasteiger partial charge on any atom is -0.459 e. The van der Waals surface area contributed by atoms with Crippen LogP contribution in [0, 0.1) is 0 Å². The fraction of sp³-hybridized carbons (Fsp3) is 0.182. The molecule has 0 aliphatic heterocycles. The normalized spacial score (nSPS) is 12.8. The highest BCUT2D eigenvalue weighted by atomic mass is 16.3. The van der Waals surface area contributed by atoms with Crippen LogP contribution in [0.1, 0.15) is 36.0 Å². The summed E-state index contributed by atoms with van der Waals surface area (Å²) in [5.41, 5.74) is 3.26. The number of amides is 2. The first-order chi connectivity index (χ1) is 13.0. The molecule has 1 aromatic heterocycles. The number of hydrogen-bond acceptors (Lipinski definition) is 3. The van der Waals surface area contributed by atoms with E-state index in [4.69, 9.17) is 4.42 Å². The van der Waals surface area contributed by atoms with E-state index >= 15 is 0 Å². The Balaban J connectivity index is 1.58. The molecule has 0 bridgehead atoms. The van der Waals surface area contributed by atoms with Gasteiger partial charge in [0.1, 0.15) is 6.04 Å². The van der Waals surface area contributed by atoms with Crippen molar-refractivity contribution in [3.8, 4) is 11.1 Å². The fourth-order valence-electron chi connectivity index (χ4n) is 2.76. The minimum atomic E-state index is -0.673. The number of nitrogens with one attached hydrogen (secondary N) is 2. The molecule has 138 valence electrons. The van der Waals surface area contributed by atoms with Crippen LogP contribution in [0.15, 0.2) is 77.4 Å². The number of rotatable bonds is 6. The van der Waals surface area contributed by atoms with Crippen LogP contribution in [-0.4, -0.2) is 17.9 Å². The van der Waals surface area contributed by atoms with Gasteiger partial charge in [0.05, 0.1) is 12.3 Å². The topological polar surface area (TPSA) is 71.3 Å². The maximum absolute atomic E-state index is 12.4. The highest BCUT2D eigenvalue weighted by Gasteiger charge is 2.20. The molecule has 2 amide bonds. The Hall–Kier alpha value is -3.34. The largest absolute Gasteiger partial charge is 0.459 e. The van der Waals surface area contributed by atoms with E-state index in [9.17, 15) is 9.59 Å². The Kier molecular flexibility index (Phi) is 5.71. The summed E-state index contributed by atoms with van der Waals surface area (Å²) in [5, 5.41) is 5.55. The Morgan fingerprint density at radius 3 is 2.11 bits per heavy atom. The third kappa shape index (κ3) is 4.64. The molecule has 0 aliphatic carbocycles. The molecular formula is C22H22N2O3. The zero-order chi connectivity index (χ0) is 19.2. The summed E-state index contributed by atoms with van der Waals surface area (Å²) in [5.74, 6) is -0.490. The molecule has 2 atom stereocenters. The van der Waals surface area contributed by atoms with Crippen molar-refractivity contribution in [1.82, 2.24) is 10.6 Å². The lowest BCUT2D eigenvalue weighted by Crippen LogP contribution is -2.45. The summed E-state index contributed by atoms with van der Waals surface area (Å²) in [6, 6.07) is 20.5. The van der Waals surface area contributed by atoms with Crippen LogP contribution in [0.5, 0.6) is 0 Å². The van der Waals surface area contributed by atoms with Crippen molar-refractivity contribution in [2.24, 2.45) is 0 Å². The molecule has 3 aromatic rings. The second-order valence-electron chi connectivity index (χ2n) is 6.39. The maximum Gasteiger partial charge on any atom is 0.287 e. The molecule has 1 heterocycles. The van der Waals surface area contributed by atoms with Gasteiger partial charge in [-0.1, -0.05) is 54.6 Å². The van der Waals surface area contributed by atoms with E-state index in [1.54, 1.807) is 19.1 Å². The number of benzene rings is 2. The van der Waals surface area contributed by atoms with E-state index in [2.05, 4.69) is 22.8 Å². The molecule has 0 saturated heterocycles. The summed E-state index contributed by atoms with van der Waals surface area (Å²) >= 11 is 0. The molecule has 0 radical (unpaired) electrons. The van der Waals surface area contributed by atoms with E-state index in [-0.39, 0.29) is 17.7 Å². The van der Waals surface area contributed by atoms with Crippen molar-refractivity contribution in [2.75, 3.05) is 0 Å². The molecule has 2 aromatic carbocycles. The number of furan rings is 1. The molecule has 0 fully saturated rings. The smallest absolute Gasteiger partial charge is 0.287 e. The molecule has 3 rings (SSSR count). The highest BCUT2D eigenvalue weighted by Crippen LogP contribution is 2.21. The highest BCUT2D eigenvalue weighted by molar-refractivity contribution is 5.95. The van der Waals surface area contributed by atoms with Gasteiger partial charge in [0.15, 0.2) is 5.76 Å². The van der Waals surface area contributed by atoms with Crippen LogP contribution in [0.25, 0.3) is 11.1 Å². The monoisotopic (exact) mass is 362 g/mol. The number of carbonyl (C=O) groups excluding carboxylic acids is 2. The number of hydrogen-bond donors (Lipinski definition) is 2. The number of carbonyl (C=O) groups is 2. The Bertz CT molecular complexity index is 887. The van der Waals surface area contributed by atoms with Gasteiger partial charge in [0.2, 0.25) is 5.91 Å². The molecular weight excluding hydrogens is 340 g/mol. The summed E-state index contributed by atoms with van der Waals surface area (Å²) in [4.78, 5) is 24.3.